The molecule has 1 saturated carbocycles. The number of hydrogen-bond donors (Lipinski definition) is 1. The Labute approximate surface area is 85.5 Å². The van der Waals surface area contributed by atoms with E-state index in [1.54, 1.807) is 5.56 Å². The Morgan fingerprint density at radius 1 is 1.14 bits per heavy atom. The highest BCUT2D eigenvalue weighted by Gasteiger charge is 2.44. The van der Waals surface area contributed by atoms with Crippen molar-refractivity contribution in [3.8, 4) is 0 Å². The Kier molecular flexibility index (Phi) is 1.88. The fraction of sp³-hybridized carbons (Fsp3) is 0.538. The van der Waals surface area contributed by atoms with Crippen molar-refractivity contribution in [1.29, 1.82) is 0 Å². The minimum atomic E-state index is 0.843. The first-order valence-electron chi connectivity index (χ1n) is 5.62. The van der Waals surface area contributed by atoms with Gasteiger partial charge in [0.15, 0.2) is 0 Å². The summed E-state index contributed by atoms with van der Waals surface area (Å²) in [5.41, 5.74) is 2.93. The van der Waals surface area contributed by atoms with Crippen molar-refractivity contribution < 1.29 is 0 Å². The Morgan fingerprint density at radius 3 is 2.64 bits per heavy atom. The number of benzene rings is 1. The highest BCUT2D eigenvalue weighted by atomic mass is 14.9. The molecule has 0 unspecified atom stereocenters. The van der Waals surface area contributed by atoms with Crippen LogP contribution in [-0.2, 0) is 0 Å². The SMILES string of the molecule is Cc1ccc([C@@H]2C[C@@H]3CNC[C@H]32)cc1. The largest absolute Gasteiger partial charge is 0.316 e. The fourth-order valence-electron chi connectivity index (χ4n) is 2.98. The second kappa shape index (κ2) is 3.09. The van der Waals surface area contributed by atoms with E-state index < -0.39 is 0 Å². The molecule has 0 radical (unpaired) electrons. The third-order valence-electron chi connectivity index (χ3n) is 3.97. The van der Waals surface area contributed by atoms with E-state index in [9.17, 15) is 0 Å². The van der Waals surface area contributed by atoms with Gasteiger partial charge in [-0.25, -0.2) is 0 Å². The molecule has 14 heavy (non-hydrogen) atoms. The topological polar surface area (TPSA) is 12.0 Å². The lowest BCUT2D eigenvalue weighted by atomic mass is 9.64. The van der Waals surface area contributed by atoms with Crippen LogP contribution in [0.4, 0.5) is 0 Å². The normalized spacial score (nSPS) is 35.1. The first kappa shape index (κ1) is 8.49. The van der Waals surface area contributed by atoms with E-state index in [1.807, 2.05) is 0 Å². The molecule has 0 spiro atoms. The van der Waals surface area contributed by atoms with Gasteiger partial charge in [-0.05, 0) is 49.8 Å². The van der Waals surface area contributed by atoms with Crippen LogP contribution in [0.3, 0.4) is 0 Å². The van der Waals surface area contributed by atoms with E-state index in [-0.39, 0.29) is 0 Å². The molecule has 1 nitrogen and oxygen atoms in total. The first-order valence-corrected chi connectivity index (χ1v) is 5.62. The summed E-state index contributed by atoms with van der Waals surface area (Å²) in [7, 11) is 0. The number of fused-ring (bicyclic) bond motifs is 1. The number of aryl methyl sites for hydroxylation is 1. The minimum Gasteiger partial charge on any atom is -0.316 e. The highest BCUT2D eigenvalue weighted by molar-refractivity contribution is 5.28. The predicted octanol–water partition coefficient (Wildman–Crippen LogP) is 2.32. The smallest absolute Gasteiger partial charge is 0.00114 e. The van der Waals surface area contributed by atoms with Gasteiger partial charge in [-0.15, -0.1) is 0 Å². The van der Waals surface area contributed by atoms with Gasteiger partial charge >= 0.3 is 0 Å². The van der Waals surface area contributed by atoms with Crippen LogP contribution in [-0.4, -0.2) is 13.1 Å². The number of nitrogens with one attached hydrogen (secondary N) is 1. The summed E-state index contributed by atoms with van der Waals surface area (Å²) < 4.78 is 0. The summed E-state index contributed by atoms with van der Waals surface area (Å²) in [6.07, 6.45) is 1.40. The molecule has 3 atom stereocenters. The van der Waals surface area contributed by atoms with Crippen LogP contribution >= 0.6 is 0 Å². The van der Waals surface area contributed by atoms with Gasteiger partial charge in [0.05, 0.1) is 0 Å². The fourth-order valence-corrected chi connectivity index (χ4v) is 2.98. The van der Waals surface area contributed by atoms with Crippen molar-refractivity contribution in [3.05, 3.63) is 35.4 Å². The zero-order valence-electron chi connectivity index (χ0n) is 8.66. The van der Waals surface area contributed by atoms with E-state index in [2.05, 4.69) is 36.5 Å². The molecular weight excluding hydrogens is 170 g/mol. The molecule has 1 aromatic rings. The average Bonchev–Trinajstić information content (AvgIpc) is 2.52. The molecule has 1 aromatic carbocycles. The van der Waals surface area contributed by atoms with Crippen LogP contribution in [0.15, 0.2) is 24.3 Å². The molecule has 1 heteroatoms. The van der Waals surface area contributed by atoms with Gasteiger partial charge in [-0.2, -0.15) is 0 Å². The van der Waals surface area contributed by atoms with Crippen molar-refractivity contribution in [2.45, 2.75) is 19.3 Å². The van der Waals surface area contributed by atoms with Crippen LogP contribution in [0.25, 0.3) is 0 Å². The Balaban J connectivity index is 1.80. The van der Waals surface area contributed by atoms with E-state index in [0.29, 0.717) is 0 Å². The van der Waals surface area contributed by atoms with Crippen molar-refractivity contribution in [1.82, 2.24) is 5.32 Å². The van der Waals surface area contributed by atoms with Crippen LogP contribution in [0.5, 0.6) is 0 Å². The molecule has 1 aliphatic carbocycles. The molecule has 0 amide bonds. The average molecular weight is 187 g/mol. The maximum Gasteiger partial charge on any atom is -0.00114 e. The van der Waals surface area contributed by atoms with Gasteiger partial charge in [-0.1, -0.05) is 29.8 Å². The van der Waals surface area contributed by atoms with Gasteiger partial charge < -0.3 is 5.32 Å². The van der Waals surface area contributed by atoms with Crippen LogP contribution in [0.2, 0.25) is 0 Å². The number of hydrogen-bond acceptors (Lipinski definition) is 1. The van der Waals surface area contributed by atoms with Crippen molar-refractivity contribution in [3.63, 3.8) is 0 Å². The van der Waals surface area contributed by atoms with Crippen LogP contribution < -0.4 is 5.32 Å². The summed E-state index contributed by atoms with van der Waals surface area (Å²) in [5.74, 6) is 2.75. The zero-order chi connectivity index (χ0) is 9.54. The zero-order valence-corrected chi connectivity index (χ0v) is 8.66. The summed E-state index contributed by atoms with van der Waals surface area (Å²) in [6.45, 7) is 4.65. The van der Waals surface area contributed by atoms with E-state index in [0.717, 1.165) is 17.8 Å². The monoisotopic (exact) mass is 187 g/mol. The van der Waals surface area contributed by atoms with Gasteiger partial charge in [0.1, 0.15) is 0 Å². The van der Waals surface area contributed by atoms with E-state index >= 15 is 0 Å². The summed E-state index contributed by atoms with van der Waals surface area (Å²) >= 11 is 0. The minimum absolute atomic E-state index is 0.843. The Morgan fingerprint density at radius 2 is 1.93 bits per heavy atom. The van der Waals surface area contributed by atoms with Gasteiger partial charge in [-0.3, -0.25) is 0 Å². The van der Waals surface area contributed by atoms with Crippen LogP contribution in [0.1, 0.15) is 23.5 Å². The second-order valence-corrected chi connectivity index (χ2v) is 4.84. The van der Waals surface area contributed by atoms with Gasteiger partial charge in [0, 0.05) is 0 Å². The van der Waals surface area contributed by atoms with Crippen molar-refractivity contribution in [2.24, 2.45) is 11.8 Å². The molecule has 0 aromatic heterocycles. The first-order chi connectivity index (χ1) is 6.84. The van der Waals surface area contributed by atoms with Crippen molar-refractivity contribution >= 4 is 0 Å². The Bertz CT molecular complexity index is 328. The molecule has 2 fully saturated rings. The third-order valence-corrected chi connectivity index (χ3v) is 3.97. The summed E-state index contributed by atoms with van der Waals surface area (Å²) in [6, 6.07) is 9.11. The Hall–Kier alpha value is -0.820. The highest BCUT2D eigenvalue weighted by Crippen LogP contribution is 2.48. The molecule has 2 aliphatic rings. The van der Waals surface area contributed by atoms with E-state index in [1.165, 1.54) is 25.1 Å². The lowest BCUT2D eigenvalue weighted by Gasteiger charge is -2.40. The molecule has 1 heterocycles. The molecule has 74 valence electrons. The summed E-state index contributed by atoms with van der Waals surface area (Å²) in [5, 5.41) is 3.50. The standard InChI is InChI=1S/C13H17N/c1-9-2-4-10(5-3-9)12-6-11-7-14-8-13(11)12/h2-5,11-14H,6-8H2,1H3/t11-,12+,13-/m1/s1. The maximum atomic E-state index is 3.50. The van der Waals surface area contributed by atoms with Crippen LogP contribution in [0, 0.1) is 18.8 Å². The van der Waals surface area contributed by atoms with E-state index in [4.69, 9.17) is 0 Å². The quantitative estimate of drug-likeness (QED) is 0.711. The third kappa shape index (κ3) is 1.19. The molecule has 0 bridgehead atoms. The van der Waals surface area contributed by atoms with Gasteiger partial charge in [0.2, 0.25) is 0 Å². The lowest BCUT2D eigenvalue weighted by molar-refractivity contribution is 0.191. The lowest BCUT2D eigenvalue weighted by Crippen LogP contribution is -2.33. The molecule has 1 saturated heterocycles. The molecular formula is C13H17N. The molecule has 1 aliphatic heterocycles. The summed E-state index contributed by atoms with van der Waals surface area (Å²) in [4.78, 5) is 0. The number of rotatable bonds is 1. The molecule has 3 rings (SSSR count). The molecule has 1 N–H and O–H groups in total. The maximum absolute atomic E-state index is 3.50. The predicted molar refractivity (Wildman–Crippen MR) is 58.4 cm³/mol. The van der Waals surface area contributed by atoms with Gasteiger partial charge in [0.25, 0.3) is 0 Å². The second-order valence-electron chi connectivity index (χ2n) is 4.84. The van der Waals surface area contributed by atoms with Crippen molar-refractivity contribution in [2.75, 3.05) is 13.1 Å².